The van der Waals surface area contributed by atoms with E-state index in [-0.39, 0.29) is 6.10 Å². The van der Waals surface area contributed by atoms with Gasteiger partial charge in [0.15, 0.2) is 0 Å². The molecule has 2 N–H and O–H groups in total. The Kier molecular flexibility index (Phi) is 3.53. The summed E-state index contributed by atoms with van der Waals surface area (Å²) in [6.45, 7) is 2.78. The molecule has 0 aliphatic carbocycles. The van der Waals surface area contributed by atoms with Crippen LogP contribution in [0, 0.1) is 0 Å². The number of ether oxygens (including phenoxy) is 2. The van der Waals surface area contributed by atoms with Crippen molar-refractivity contribution in [2.75, 3.05) is 38.3 Å². The number of morpholine rings is 1. The molecular formula is C10H16N4O2. The van der Waals surface area contributed by atoms with Crippen molar-refractivity contribution in [2.45, 2.75) is 6.10 Å². The third kappa shape index (κ3) is 2.40. The zero-order valence-corrected chi connectivity index (χ0v) is 9.30. The standard InChI is InChI=1S/C10H16N4O2/c1-15-10-4-9(12-7-13-10)14-2-3-16-8(5-11)6-14/h4,7-8H,2-3,5-6,11H2,1H3. The molecule has 2 rings (SSSR count). The first-order chi connectivity index (χ1) is 7.83. The van der Waals surface area contributed by atoms with E-state index in [0.717, 1.165) is 18.9 Å². The molecule has 1 unspecified atom stereocenters. The van der Waals surface area contributed by atoms with Crippen molar-refractivity contribution in [3.8, 4) is 5.88 Å². The molecule has 6 heteroatoms. The van der Waals surface area contributed by atoms with Crippen molar-refractivity contribution in [3.05, 3.63) is 12.4 Å². The summed E-state index contributed by atoms with van der Waals surface area (Å²) in [7, 11) is 1.59. The summed E-state index contributed by atoms with van der Waals surface area (Å²) in [5.74, 6) is 1.43. The van der Waals surface area contributed by atoms with Crippen molar-refractivity contribution in [1.29, 1.82) is 0 Å². The minimum Gasteiger partial charge on any atom is -0.481 e. The monoisotopic (exact) mass is 224 g/mol. The fraction of sp³-hybridized carbons (Fsp3) is 0.600. The first kappa shape index (κ1) is 11.1. The van der Waals surface area contributed by atoms with E-state index in [4.69, 9.17) is 15.2 Å². The molecule has 0 radical (unpaired) electrons. The van der Waals surface area contributed by atoms with Gasteiger partial charge in [0.05, 0.1) is 19.8 Å². The number of methoxy groups -OCH3 is 1. The highest BCUT2D eigenvalue weighted by atomic mass is 16.5. The summed E-state index contributed by atoms with van der Waals surface area (Å²) in [6, 6.07) is 1.82. The van der Waals surface area contributed by atoms with Gasteiger partial charge in [0, 0.05) is 25.7 Å². The van der Waals surface area contributed by atoms with Gasteiger partial charge in [-0.2, -0.15) is 0 Å². The lowest BCUT2D eigenvalue weighted by atomic mass is 10.2. The Morgan fingerprint density at radius 1 is 1.62 bits per heavy atom. The second kappa shape index (κ2) is 5.09. The quantitative estimate of drug-likeness (QED) is 0.756. The normalized spacial score (nSPS) is 20.9. The Bertz CT molecular complexity index is 347. The van der Waals surface area contributed by atoms with Crippen LogP contribution in [-0.2, 0) is 4.74 Å². The van der Waals surface area contributed by atoms with Crippen LogP contribution in [0.3, 0.4) is 0 Å². The minimum atomic E-state index is 0.0784. The lowest BCUT2D eigenvalue weighted by Crippen LogP contribution is -2.46. The largest absolute Gasteiger partial charge is 0.481 e. The fourth-order valence-corrected chi connectivity index (χ4v) is 1.68. The van der Waals surface area contributed by atoms with Crippen LogP contribution in [0.5, 0.6) is 5.88 Å². The second-order valence-electron chi connectivity index (χ2n) is 3.59. The van der Waals surface area contributed by atoms with Gasteiger partial charge >= 0.3 is 0 Å². The first-order valence-electron chi connectivity index (χ1n) is 5.26. The third-order valence-electron chi connectivity index (χ3n) is 2.56. The van der Waals surface area contributed by atoms with Crippen LogP contribution in [0.25, 0.3) is 0 Å². The molecule has 1 aliphatic rings. The number of hydrogen-bond acceptors (Lipinski definition) is 6. The molecule has 0 saturated carbocycles. The van der Waals surface area contributed by atoms with Crippen LogP contribution >= 0.6 is 0 Å². The summed E-state index contributed by atoms with van der Waals surface area (Å²) in [4.78, 5) is 10.3. The van der Waals surface area contributed by atoms with Crippen molar-refractivity contribution in [2.24, 2.45) is 5.73 Å². The van der Waals surface area contributed by atoms with Crippen LogP contribution in [0.1, 0.15) is 0 Å². The summed E-state index contributed by atoms with van der Waals surface area (Å²) in [5, 5.41) is 0. The molecule has 0 spiro atoms. The summed E-state index contributed by atoms with van der Waals surface area (Å²) < 4.78 is 10.6. The highest BCUT2D eigenvalue weighted by Crippen LogP contribution is 2.17. The maximum absolute atomic E-state index is 5.59. The van der Waals surface area contributed by atoms with Gasteiger partial charge in [0.2, 0.25) is 5.88 Å². The maximum atomic E-state index is 5.59. The van der Waals surface area contributed by atoms with E-state index in [1.165, 1.54) is 6.33 Å². The van der Waals surface area contributed by atoms with E-state index in [1.54, 1.807) is 7.11 Å². The van der Waals surface area contributed by atoms with Crippen molar-refractivity contribution in [1.82, 2.24) is 9.97 Å². The average molecular weight is 224 g/mol. The van der Waals surface area contributed by atoms with E-state index in [2.05, 4.69) is 14.9 Å². The minimum absolute atomic E-state index is 0.0784. The van der Waals surface area contributed by atoms with Crippen LogP contribution in [0.4, 0.5) is 5.82 Å². The summed E-state index contributed by atoms with van der Waals surface area (Å²) in [5.41, 5.74) is 5.59. The molecule has 0 amide bonds. The predicted octanol–water partition coefficient (Wildman–Crippen LogP) is -0.351. The Morgan fingerprint density at radius 2 is 2.50 bits per heavy atom. The topological polar surface area (TPSA) is 73.5 Å². The summed E-state index contributed by atoms with van der Waals surface area (Å²) in [6.07, 6.45) is 1.58. The van der Waals surface area contributed by atoms with E-state index < -0.39 is 0 Å². The molecule has 6 nitrogen and oxygen atoms in total. The zero-order chi connectivity index (χ0) is 11.4. The zero-order valence-electron chi connectivity index (χ0n) is 9.30. The maximum Gasteiger partial charge on any atom is 0.218 e. The van der Waals surface area contributed by atoms with E-state index >= 15 is 0 Å². The number of nitrogens with zero attached hydrogens (tertiary/aromatic N) is 3. The Hall–Kier alpha value is -1.40. The molecule has 1 aliphatic heterocycles. The van der Waals surface area contributed by atoms with Gasteiger partial charge in [-0.1, -0.05) is 0 Å². The number of hydrogen-bond donors (Lipinski definition) is 1. The van der Waals surface area contributed by atoms with Crippen molar-refractivity contribution < 1.29 is 9.47 Å². The lowest BCUT2D eigenvalue weighted by Gasteiger charge is -2.33. The number of anilines is 1. The van der Waals surface area contributed by atoms with Gasteiger partial charge in [-0.3, -0.25) is 0 Å². The number of aromatic nitrogens is 2. The SMILES string of the molecule is COc1cc(N2CCOC(CN)C2)ncn1. The van der Waals surface area contributed by atoms with Crippen LogP contribution in [0.2, 0.25) is 0 Å². The Labute approximate surface area is 94.4 Å². The molecule has 1 fully saturated rings. The van der Waals surface area contributed by atoms with E-state index in [9.17, 15) is 0 Å². The van der Waals surface area contributed by atoms with Gasteiger partial charge in [-0.15, -0.1) is 0 Å². The average Bonchev–Trinajstić information content (AvgIpc) is 2.39. The molecule has 1 aromatic rings. The summed E-state index contributed by atoms with van der Waals surface area (Å²) >= 11 is 0. The van der Waals surface area contributed by atoms with E-state index in [0.29, 0.717) is 19.0 Å². The third-order valence-corrected chi connectivity index (χ3v) is 2.56. The molecule has 1 atom stereocenters. The second-order valence-corrected chi connectivity index (χ2v) is 3.59. The fourth-order valence-electron chi connectivity index (χ4n) is 1.68. The van der Waals surface area contributed by atoms with Gasteiger partial charge in [-0.05, 0) is 0 Å². The molecule has 1 aromatic heterocycles. The first-order valence-corrected chi connectivity index (χ1v) is 5.26. The smallest absolute Gasteiger partial charge is 0.218 e. The highest BCUT2D eigenvalue weighted by molar-refractivity contribution is 5.41. The van der Waals surface area contributed by atoms with Crippen LogP contribution < -0.4 is 15.4 Å². The van der Waals surface area contributed by atoms with Gasteiger partial charge in [0.1, 0.15) is 12.1 Å². The Balaban J connectivity index is 2.10. The molecule has 16 heavy (non-hydrogen) atoms. The van der Waals surface area contributed by atoms with E-state index in [1.807, 2.05) is 6.07 Å². The Morgan fingerprint density at radius 3 is 3.25 bits per heavy atom. The molecule has 88 valence electrons. The molecule has 0 bridgehead atoms. The van der Waals surface area contributed by atoms with Crippen molar-refractivity contribution in [3.63, 3.8) is 0 Å². The molecular weight excluding hydrogens is 208 g/mol. The van der Waals surface area contributed by atoms with Gasteiger partial charge in [0.25, 0.3) is 0 Å². The molecule has 1 saturated heterocycles. The van der Waals surface area contributed by atoms with Gasteiger partial charge in [-0.25, -0.2) is 9.97 Å². The number of rotatable bonds is 3. The van der Waals surface area contributed by atoms with Crippen molar-refractivity contribution >= 4 is 5.82 Å². The van der Waals surface area contributed by atoms with Crippen LogP contribution in [0.15, 0.2) is 12.4 Å². The lowest BCUT2D eigenvalue weighted by molar-refractivity contribution is 0.0462. The molecule has 2 heterocycles. The number of nitrogens with two attached hydrogens (primary N) is 1. The predicted molar refractivity (Wildman–Crippen MR) is 59.6 cm³/mol. The van der Waals surface area contributed by atoms with Gasteiger partial charge < -0.3 is 20.1 Å². The molecule has 0 aromatic carbocycles. The highest BCUT2D eigenvalue weighted by Gasteiger charge is 2.20. The van der Waals surface area contributed by atoms with Crippen LogP contribution in [-0.4, -0.2) is 49.4 Å².